The molecular weight excluding hydrogens is 212 g/mol. The summed E-state index contributed by atoms with van der Waals surface area (Å²) in [6.45, 7) is 3.04. The summed E-state index contributed by atoms with van der Waals surface area (Å²) in [5.41, 5.74) is 5.22. The van der Waals surface area contributed by atoms with E-state index < -0.39 is 10.0 Å². The summed E-state index contributed by atoms with van der Waals surface area (Å²) < 4.78 is 25.3. The third-order valence-electron chi connectivity index (χ3n) is 3.11. The first kappa shape index (κ1) is 12.9. The molecule has 90 valence electrons. The van der Waals surface area contributed by atoms with E-state index in [2.05, 4.69) is 11.6 Å². The van der Waals surface area contributed by atoms with Crippen LogP contribution in [-0.4, -0.2) is 27.3 Å². The van der Waals surface area contributed by atoms with Crippen molar-refractivity contribution in [1.82, 2.24) is 4.72 Å². The molecule has 1 rings (SSSR count). The highest BCUT2D eigenvalue weighted by Gasteiger charge is 2.19. The van der Waals surface area contributed by atoms with Gasteiger partial charge in [-0.3, -0.25) is 0 Å². The molecule has 15 heavy (non-hydrogen) atoms. The van der Waals surface area contributed by atoms with Crippen LogP contribution in [0, 0.1) is 11.8 Å². The fourth-order valence-corrected chi connectivity index (χ4v) is 2.95. The normalized spacial score (nSPS) is 27.9. The molecule has 0 spiro atoms. The molecule has 1 aliphatic rings. The van der Waals surface area contributed by atoms with Crippen molar-refractivity contribution in [3.63, 3.8) is 0 Å². The third kappa shape index (κ3) is 4.95. The van der Waals surface area contributed by atoms with Crippen molar-refractivity contribution in [3.05, 3.63) is 0 Å². The van der Waals surface area contributed by atoms with E-state index >= 15 is 0 Å². The minimum absolute atomic E-state index is 0.0378. The average Bonchev–Trinajstić information content (AvgIpc) is 2.17. The smallest absolute Gasteiger partial charge is 0.212 e. The second-order valence-electron chi connectivity index (χ2n) is 4.58. The van der Waals surface area contributed by atoms with E-state index in [0.29, 0.717) is 12.5 Å². The van der Waals surface area contributed by atoms with Gasteiger partial charge in [0.25, 0.3) is 0 Å². The lowest BCUT2D eigenvalue weighted by Crippen LogP contribution is -2.34. The van der Waals surface area contributed by atoms with Crippen molar-refractivity contribution in [2.45, 2.75) is 32.6 Å². The zero-order valence-electron chi connectivity index (χ0n) is 9.41. The lowest BCUT2D eigenvalue weighted by atomic mass is 9.83. The summed E-state index contributed by atoms with van der Waals surface area (Å²) in [4.78, 5) is 0. The average molecular weight is 234 g/mol. The molecule has 0 aromatic rings. The molecule has 0 heterocycles. The van der Waals surface area contributed by atoms with Gasteiger partial charge >= 0.3 is 0 Å². The van der Waals surface area contributed by atoms with Gasteiger partial charge in [-0.2, -0.15) is 0 Å². The van der Waals surface area contributed by atoms with Crippen LogP contribution < -0.4 is 10.5 Å². The largest absolute Gasteiger partial charge is 0.329 e. The Balaban J connectivity index is 2.25. The Morgan fingerprint density at radius 2 is 1.87 bits per heavy atom. The van der Waals surface area contributed by atoms with Crippen LogP contribution in [0.4, 0.5) is 0 Å². The van der Waals surface area contributed by atoms with Crippen molar-refractivity contribution < 1.29 is 8.42 Å². The van der Waals surface area contributed by atoms with Crippen LogP contribution in [0.25, 0.3) is 0 Å². The molecule has 1 saturated carbocycles. The topological polar surface area (TPSA) is 72.2 Å². The molecule has 0 saturated heterocycles. The Kier molecular flexibility index (Phi) is 5.02. The number of sulfonamides is 1. The first-order valence-electron chi connectivity index (χ1n) is 5.71. The van der Waals surface area contributed by atoms with Gasteiger partial charge in [-0.15, -0.1) is 0 Å². The number of hydrogen-bond donors (Lipinski definition) is 2. The Bertz CT molecular complexity index is 269. The number of nitrogens with two attached hydrogens (primary N) is 1. The molecule has 0 radical (unpaired) electrons. The highest BCUT2D eigenvalue weighted by Crippen LogP contribution is 2.27. The van der Waals surface area contributed by atoms with Gasteiger partial charge in [-0.05, 0) is 24.7 Å². The monoisotopic (exact) mass is 234 g/mol. The SMILES string of the molecule is CC1CCC(CNS(=O)(=O)CCN)CC1. The molecule has 0 amide bonds. The van der Waals surface area contributed by atoms with E-state index in [1.54, 1.807) is 0 Å². The summed E-state index contributed by atoms with van der Waals surface area (Å²) in [5.74, 6) is 1.37. The minimum Gasteiger partial charge on any atom is -0.329 e. The highest BCUT2D eigenvalue weighted by molar-refractivity contribution is 7.89. The predicted octanol–water partition coefficient (Wildman–Crippen LogP) is 0.691. The van der Waals surface area contributed by atoms with Gasteiger partial charge in [0.05, 0.1) is 5.75 Å². The van der Waals surface area contributed by atoms with Crippen LogP contribution in [-0.2, 0) is 10.0 Å². The molecule has 0 aromatic carbocycles. The Labute approximate surface area is 92.7 Å². The van der Waals surface area contributed by atoms with E-state index in [-0.39, 0.29) is 12.3 Å². The highest BCUT2D eigenvalue weighted by atomic mass is 32.2. The van der Waals surface area contributed by atoms with Gasteiger partial charge in [-0.1, -0.05) is 19.8 Å². The summed E-state index contributed by atoms with van der Waals surface area (Å²) in [6.07, 6.45) is 4.74. The second kappa shape index (κ2) is 5.82. The van der Waals surface area contributed by atoms with E-state index in [1.165, 1.54) is 12.8 Å². The quantitative estimate of drug-likeness (QED) is 0.735. The zero-order chi connectivity index (χ0) is 11.3. The van der Waals surface area contributed by atoms with Crippen LogP contribution >= 0.6 is 0 Å². The van der Waals surface area contributed by atoms with Crippen molar-refractivity contribution >= 4 is 10.0 Å². The zero-order valence-corrected chi connectivity index (χ0v) is 10.2. The maximum Gasteiger partial charge on any atom is 0.212 e. The molecule has 4 nitrogen and oxygen atoms in total. The molecule has 3 N–H and O–H groups in total. The lowest BCUT2D eigenvalue weighted by molar-refractivity contribution is 0.290. The standard InChI is InChI=1S/C10H22N2O2S/c1-9-2-4-10(5-3-9)8-12-15(13,14)7-6-11/h9-10,12H,2-8,11H2,1H3. The number of hydrogen-bond acceptors (Lipinski definition) is 3. The fraction of sp³-hybridized carbons (Fsp3) is 1.00. The molecule has 0 unspecified atom stereocenters. The van der Waals surface area contributed by atoms with E-state index in [1.807, 2.05) is 0 Å². The Morgan fingerprint density at radius 3 is 2.40 bits per heavy atom. The molecule has 0 aromatic heterocycles. The van der Waals surface area contributed by atoms with Crippen LogP contribution in [0.3, 0.4) is 0 Å². The van der Waals surface area contributed by atoms with E-state index in [4.69, 9.17) is 5.73 Å². The van der Waals surface area contributed by atoms with Crippen LogP contribution in [0.5, 0.6) is 0 Å². The van der Waals surface area contributed by atoms with Crippen LogP contribution in [0.2, 0.25) is 0 Å². The van der Waals surface area contributed by atoms with Gasteiger partial charge in [0.2, 0.25) is 10.0 Å². The predicted molar refractivity (Wildman–Crippen MR) is 62.0 cm³/mol. The number of rotatable bonds is 5. The number of nitrogens with one attached hydrogen (secondary N) is 1. The van der Waals surface area contributed by atoms with Gasteiger partial charge in [0.1, 0.15) is 0 Å². The first-order valence-corrected chi connectivity index (χ1v) is 7.36. The first-order chi connectivity index (χ1) is 7.03. The fourth-order valence-electron chi connectivity index (χ4n) is 2.01. The molecule has 1 fully saturated rings. The van der Waals surface area contributed by atoms with Crippen molar-refractivity contribution in [3.8, 4) is 0 Å². The van der Waals surface area contributed by atoms with E-state index in [0.717, 1.165) is 18.8 Å². The second-order valence-corrected chi connectivity index (χ2v) is 6.51. The summed E-state index contributed by atoms with van der Waals surface area (Å²) in [7, 11) is -3.12. The van der Waals surface area contributed by atoms with Gasteiger partial charge in [0.15, 0.2) is 0 Å². The molecule has 0 bridgehead atoms. The lowest BCUT2D eigenvalue weighted by Gasteiger charge is -2.26. The molecule has 5 heteroatoms. The van der Waals surface area contributed by atoms with Crippen molar-refractivity contribution in [2.24, 2.45) is 17.6 Å². The van der Waals surface area contributed by atoms with Crippen molar-refractivity contribution in [2.75, 3.05) is 18.8 Å². The maximum absolute atomic E-state index is 11.3. The third-order valence-corrected chi connectivity index (χ3v) is 4.49. The van der Waals surface area contributed by atoms with Crippen molar-refractivity contribution in [1.29, 1.82) is 0 Å². The maximum atomic E-state index is 11.3. The Morgan fingerprint density at radius 1 is 1.27 bits per heavy atom. The summed E-state index contributed by atoms with van der Waals surface area (Å²) in [6, 6.07) is 0. The summed E-state index contributed by atoms with van der Waals surface area (Å²) >= 11 is 0. The molecule has 1 aliphatic carbocycles. The van der Waals surface area contributed by atoms with Crippen LogP contribution in [0.1, 0.15) is 32.6 Å². The molecule has 0 aliphatic heterocycles. The Hall–Kier alpha value is -0.130. The van der Waals surface area contributed by atoms with Gasteiger partial charge in [-0.25, -0.2) is 13.1 Å². The molecular formula is C10H22N2O2S. The summed E-state index contributed by atoms with van der Waals surface area (Å²) in [5, 5.41) is 0. The minimum atomic E-state index is -3.12. The molecule has 0 atom stereocenters. The van der Waals surface area contributed by atoms with Gasteiger partial charge < -0.3 is 5.73 Å². The van der Waals surface area contributed by atoms with Gasteiger partial charge in [0, 0.05) is 13.1 Å². The van der Waals surface area contributed by atoms with Crippen LogP contribution in [0.15, 0.2) is 0 Å². The van der Waals surface area contributed by atoms with E-state index in [9.17, 15) is 8.42 Å².